The minimum absolute atomic E-state index is 0.151. The number of rotatable bonds is 7. The molecule has 11 heteroatoms. The number of nitrogens with one attached hydrogen (secondary N) is 1. The van der Waals surface area contributed by atoms with Gasteiger partial charge in [-0.15, -0.1) is 0 Å². The minimum atomic E-state index is -1.36. The van der Waals surface area contributed by atoms with Gasteiger partial charge in [0.2, 0.25) is 17.7 Å². The number of aliphatic hydroxyl groups excluding tert-OH is 1. The number of allylic oxidation sites excluding steroid dienone is 1. The zero-order valence-corrected chi connectivity index (χ0v) is 26.2. The first-order chi connectivity index (χ1) is 20.7. The Balaban J connectivity index is 1.59. The van der Waals surface area contributed by atoms with Gasteiger partial charge in [-0.1, -0.05) is 71.8 Å². The summed E-state index contributed by atoms with van der Waals surface area (Å²) in [5.74, 6) is -3.42. The molecule has 4 aliphatic heterocycles. The second-order valence-electron chi connectivity index (χ2n) is 11.7. The summed E-state index contributed by atoms with van der Waals surface area (Å²) in [6, 6.07) is 7.63. The zero-order chi connectivity index (χ0) is 30.7. The number of hydrogen-bond donors (Lipinski definition) is 2. The number of likely N-dealkylation sites (tertiary alicyclic amines) is 1. The third-order valence-electron chi connectivity index (χ3n) is 8.83. The molecule has 2 fully saturated rings. The Hall–Kier alpha value is -3.02. The van der Waals surface area contributed by atoms with Crippen molar-refractivity contribution < 1.29 is 33.8 Å². The summed E-state index contributed by atoms with van der Waals surface area (Å²) < 4.78 is 13.3. The number of ether oxygens (including phenoxy) is 2. The van der Waals surface area contributed by atoms with E-state index in [9.17, 15) is 24.3 Å². The number of unbranched alkanes of at least 4 members (excludes halogenated alkanes) is 1. The summed E-state index contributed by atoms with van der Waals surface area (Å²) >= 11 is 3.57. The second-order valence-corrected chi connectivity index (χ2v) is 12.6. The molecule has 232 valence electrons. The summed E-state index contributed by atoms with van der Waals surface area (Å²) in [6.45, 7) is 4.63. The van der Waals surface area contributed by atoms with E-state index in [1.54, 1.807) is 17.9 Å². The molecule has 1 spiro atoms. The van der Waals surface area contributed by atoms with Gasteiger partial charge in [-0.3, -0.25) is 19.2 Å². The molecule has 2 saturated heterocycles. The van der Waals surface area contributed by atoms with E-state index in [2.05, 4.69) is 21.2 Å². The van der Waals surface area contributed by atoms with E-state index in [1.807, 2.05) is 49.4 Å². The van der Waals surface area contributed by atoms with Crippen molar-refractivity contribution in [1.82, 2.24) is 15.1 Å². The molecular formula is C32H40BrN3O7. The normalized spacial score (nSPS) is 33.7. The maximum atomic E-state index is 14.4. The van der Waals surface area contributed by atoms with Crippen LogP contribution in [-0.4, -0.2) is 88.6 Å². The number of esters is 1. The van der Waals surface area contributed by atoms with Gasteiger partial charge in [0.15, 0.2) is 0 Å². The molecule has 1 aromatic rings. The Morgan fingerprint density at radius 1 is 1.05 bits per heavy atom. The number of fused-ring (bicyclic) bond motifs is 2. The van der Waals surface area contributed by atoms with Crippen LogP contribution in [0.2, 0.25) is 0 Å². The fourth-order valence-electron chi connectivity index (χ4n) is 6.80. The van der Waals surface area contributed by atoms with Gasteiger partial charge in [0, 0.05) is 37.1 Å². The lowest BCUT2D eigenvalue weighted by molar-refractivity contribution is -0.161. The number of cyclic esters (lactones) is 1. The first-order valence-corrected chi connectivity index (χ1v) is 16.0. The van der Waals surface area contributed by atoms with Crippen LogP contribution < -0.4 is 5.32 Å². The zero-order valence-electron chi connectivity index (χ0n) is 24.6. The molecule has 4 heterocycles. The number of nitrogens with zero attached hydrogens (tertiary/aromatic N) is 2. The quantitative estimate of drug-likeness (QED) is 0.341. The molecule has 0 aliphatic carbocycles. The van der Waals surface area contributed by atoms with Crippen LogP contribution in [-0.2, 0) is 28.7 Å². The molecule has 4 aliphatic rings. The average Bonchev–Trinajstić information content (AvgIpc) is 3.58. The molecule has 3 amide bonds. The molecule has 5 rings (SSSR count). The number of carbonyl (C=O) groups is 4. The van der Waals surface area contributed by atoms with Crippen LogP contribution in [0.1, 0.15) is 57.6 Å². The fraction of sp³-hybridized carbons (Fsp3) is 0.562. The van der Waals surface area contributed by atoms with E-state index in [1.165, 1.54) is 4.90 Å². The van der Waals surface area contributed by atoms with Crippen molar-refractivity contribution in [2.75, 3.05) is 26.2 Å². The largest absolute Gasteiger partial charge is 0.455 e. The predicted molar refractivity (Wildman–Crippen MR) is 162 cm³/mol. The van der Waals surface area contributed by atoms with Crippen LogP contribution in [0.25, 0.3) is 0 Å². The Bertz CT molecular complexity index is 1290. The Kier molecular flexibility index (Phi) is 9.73. The number of halogens is 1. The van der Waals surface area contributed by atoms with Crippen molar-refractivity contribution in [3.05, 3.63) is 58.6 Å². The third-order valence-corrected chi connectivity index (χ3v) is 9.51. The third kappa shape index (κ3) is 5.91. The first kappa shape index (κ1) is 31.4. The summed E-state index contributed by atoms with van der Waals surface area (Å²) in [5, 5.41) is 12.6. The summed E-state index contributed by atoms with van der Waals surface area (Å²) in [7, 11) is 0. The van der Waals surface area contributed by atoms with Gasteiger partial charge < -0.3 is 29.7 Å². The lowest BCUT2D eigenvalue weighted by atomic mass is 9.74. The van der Waals surface area contributed by atoms with E-state index in [0.29, 0.717) is 29.6 Å². The molecule has 2 N–H and O–H groups in total. The van der Waals surface area contributed by atoms with Crippen LogP contribution in [0.5, 0.6) is 0 Å². The minimum Gasteiger partial charge on any atom is -0.455 e. The molecule has 0 radical (unpaired) electrons. The van der Waals surface area contributed by atoms with Crippen molar-refractivity contribution in [3.63, 3.8) is 0 Å². The number of amides is 3. The monoisotopic (exact) mass is 657 g/mol. The molecule has 1 aromatic carbocycles. The Labute approximate surface area is 260 Å². The van der Waals surface area contributed by atoms with Gasteiger partial charge in [0.1, 0.15) is 29.8 Å². The van der Waals surface area contributed by atoms with Crippen molar-refractivity contribution in [2.45, 2.75) is 75.8 Å². The lowest BCUT2D eigenvalue weighted by Crippen LogP contribution is -2.56. The van der Waals surface area contributed by atoms with Crippen LogP contribution >= 0.6 is 15.9 Å². The van der Waals surface area contributed by atoms with Crippen LogP contribution in [0.4, 0.5) is 0 Å². The van der Waals surface area contributed by atoms with E-state index < -0.39 is 47.7 Å². The van der Waals surface area contributed by atoms with Gasteiger partial charge in [0.05, 0.1) is 12.0 Å². The fourth-order valence-corrected chi connectivity index (χ4v) is 7.54. The van der Waals surface area contributed by atoms with Crippen molar-refractivity contribution in [3.8, 4) is 0 Å². The smallest absolute Gasteiger partial charge is 0.313 e. The molecule has 43 heavy (non-hydrogen) atoms. The highest BCUT2D eigenvalue weighted by Gasteiger charge is 2.74. The highest BCUT2D eigenvalue weighted by Crippen LogP contribution is 2.59. The van der Waals surface area contributed by atoms with E-state index in [4.69, 9.17) is 9.47 Å². The molecular weight excluding hydrogens is 618 g/mol. The van der Waals surface area contributed by atoms with Crippen molar-refractivity contribution in [1.29, 1.82) is 0 Å². The maximum absolute atomic E-state index is 14.4. The SMILES string of the molecule is CCCCN1C/C=C\CCC(=O)N[C@@H](C)[C@H](c2ccccc2)OC(=O)[C@H]2[C@@H]3O[C@@]4(C=C3Br)[C@@H]2C(=O)N(CCCO)[C@@H]4C1=O. The predicted octanol–water partition coefficient (Wildman–Crippen LogP) is 3.01. The summed E-state index contributed by atoms with van der Waals surface area (Å²) in [6.07, 6.45) is 6.59. The van der Waals surface area contributed by atoms with Gasteiger partial charge in [-0.25, -0.2) is 0 Å². The molecule has 0 aromatic heterocycles. The lowest BCUT2D eigenvalue weighted by Gasteiger charge is -2.35. The van der Waals surface area contributed by atoms with Gasteiger partial charge >= 0.3 is 5.97 Å². The summed E-state index contributed by atoms with van der Waals surface area (Å²) in [4.78, 5) is 58.8. The van der Waals surface area contributed by atoms with Gasteiger partial charge in [-0.2, -0.15) is 0 Å². The Morgan fingerprint density at radius 3 is 2.53 bits per heavy atom. The molecule has 0 saturated carbocycles. The number of benzene rings is 1. The topological polar surface area (TPSA) is 125 Å². The van der Waals surface area contributed by atoms with Gasteiger partial charge in [0.25, 0.3) is 0 Å². The van der Waals surface area contributed by atoms with Gasteiger partial charge in [-0.05, 0) is 37.8 Å². The first-order valence-electron chi connectivity index (χ1n) is 15.2. The number of hydrogen-bond acceptors (Lipinski definition) is 7. The molecule has 0 unspecified atom stereocenters. The van der Waals surface area contributed by atoms with E-state index in [-0.39, 0.29) is 43.7 Å². The number of aliphatic hydroxyl groups is 1. The molecule has 5 bridgehead atoms. The highest BCUT2D eigenvalue weighted by molar-refractivity contribution is 9.11. The second kappa shape index (κ2) is 13.3. The standard InChI is InChI=1S/C32H40BrN3O7/c1-3-4-15-35-16-10-6-9-14-23(38)34-20(2)26(21-12-7-5-8-13-21)42-31(41)24-25-29(39)36(17-11-18-37)28(30(35)40)32(25)19-22(33)27(24)43-32/h5-8,10,12-13,19-20,24-28,37H,3-4,9,11,14-18H2,1-2H3,(H,34,38)/b10-6-/t20-,24+,25-,26+,27+,28+,32-/m0/s1. The van der Waals surface area contributed by atoms with Crippen molar-refractivity contribution in [2.24, 2.45) is 11.8 Å². The van der Waals surface area contributed by atoms with E-state index in [0.717, 1.165) is 12.8 Å². The average molecular weight is 659 g/mol. The molecule has 10 nitrogen and oxygen atoms in total. The van der Waals surface area contributed by atoms with Crippen LogP contribution in [0, 0.1) is 11.8 Å². The Morgan fingerprint density at radius 2 is 1.81 bits per heavy atom. The summed E-state index contributed by atoms with van der Waals surface area (Å²) in [5.41, 5.74) is -0.655. The number of carbonyl (C=O) groups excluding carboxylic acids is 4. The van der Waals surface area contributed by atoms with Crippen molar-refractivity contribution >= 4 is 39.6 Å². The van der Waals surface area contributed by atoms with Crippen LogP contribution in [0.3, 0.4) is 0 Å². The molecule has 7 atom stereocenters. The van der Waals surface area contributed by atoms with Crippen LogP contribution in [0.15, 0.2) is 53.0 Å². The highest BCUT2D eigenvalue weighted by atomic mass is 79.9. The van der Waals surface area contributed by atoms with E-state index >= 15 is 0 Å². The maximum Gasteiger partial charge on any atom is 0.313 e.